The molecule has 0 aromatic heterocycles. The number of amides is 1. The van der Waals surface area contributed by atoms with Crippen LogP contribution in [0, 0.1) is 6.92 Å². The number of ether oxygens (including phenoxy) is 1. The van der Waals surface area contributed by atoms with Gasteiger partial charge in [-0.25, -0.2) is 0 Å². The van der Waals surface area contributed by atoms with E-state index in [9.17, 15) is 9.90 Å². The number of carbonyl (C=O) groups excluding carboxylic acids is 1. The van der Waals surface area contributed by atoms with Gasteiger partial charge in [0.15, 0.2) is 0 Å². The van der Waals surface area contributed by atoms with Crippen LogP contribution in [0.4, 0.5) is 0 Å². The topological polar surface area (TPSA) is 58.6 Å². The Bertz CT molecular complexity index is 377. The van der Waals surface area contributed by atoms with Gasteiger partial charge in [0.25, 0.3) is 5.91 Å². The van der Waals surface area contributed by atoms with Gasteiger partial charge in [-0.2, -0.15) is 0 Å². The summed E-state index contributed by atoms with van der Waals surface area (Å²) < 4.78 is 4.92. The van der Waals surface area contributed by atoms with E-state index >= 15 is 0 Å². The van der Waals surface area contributed by atoms with Crippen molar-refractivity contribution in [2.75, 3.05) is 13.7 Å². The van der Waals surface area contributed by atoms with Crippen molar-refractivity contribution in [3.05, 3.63) is 29.3 Å². The Balaban J connectivity index is 2.76. The molecule has 0 aliphatic rings. The third-order valence-corrected chi connectivity index (χ3v) is 2.19. The Morgan fingerprint density at radius 1 is 1.56 bits per heavy atom. The van der Waals surface area contributed by atoms with E-state index in [1.54, 1.807) is 19.2 Å². The Hall–Kier alpha value is -1.55. The van der Waals surface area contributed by atoms with Gasteiger partial charge >= 0.3 is 0 Å². The highest BCUT2D eigenvalue weighted by Crippen LogP contribution is 2.17. The number of aryl methyl sites for hydroxylation is 1. The van der Waals surface area contributed by atoms with E-state index in [4.69, 9.17) is 4.74 Å². The van der Waals surface area contributed by atoms with Crippen LogP contribution in [-0.2, 0) is 4.74 Å². The highest BCUT2D eigenvalue weighted by molar-refractivity contribution is 5.97. The number of rotatable bonds is 4. The molecule has 0 saturated carbocycles. The van der Waals surface area contributed by atoms with Crippen LogP contribution in [-0.4, -0.2) is 30.8 Å². The van der Waals surface area contributed by atoms with E-state index in [0.29, 0.717) is 12.2 Å². The number of hydrogen-bond acceptors (Lipinski definition) is 3. The van der Waals surface area contributed by atoms with Gasteiger partial charge in [-0.1, -0.05) is 11.6 Å². The maximum atomic E-state index is 11.8. The number of carbonyl (C=O) groups is 1. The van der Waals surface area contributed by atoms with Crippen LogP contribution in [0.1, 0.15) is 22.8 Å². The minimum atomic E-state index is -0.286. The molecule has 1 amide bonds. The summed E-state index contributed by atoms with van der Waals surface area (Å²) in [6.07, 6.45) is 0. The van der Waals surface area contributed by atoms with Crippen LogP contribution in [0.3, 0.4) is 0 Å². The maximum absolute atomic E-state index is 11.8. The van der Waals surface area contributed by atoms with Crippen LogP contribution in [0.25, 0.3) is 0 Å². The number of nitrogens with one attached hydrogen (secondary N) is 1. The zero-order valence-corrected chi connectivity index (χ0v) is 9.78. The van der Waals surface area contributed by atoms with Gasteiger partial charge in [0, 0.05) is 13.2 Å². The first-order valence-electron chi connectivity index (χ1n) is 5.14. The summed E-state index contributed by atoms with van der Waals surface area (Å²) >= 11 is 0. The van der Waals surface area contributed by atoms with E-state index in [-0.39, 0.29) is 17.7 Å². The zero-order chi connectivity index (χ0) is 12.1. The minimum absolute atomic E-state index is 0.00674. The Labute approximate surface area is 95.2 Å². The largest absolute Gasteiger partial charge is 0.507 e. The van der Waals surface area contributed by atoms with E-state index < -0.39 is 0 Å². The number of aromatic hydroxyl groups is 1. The summed E-state index contributed by atoms with van der Waals surface area (Å²) in [5.74, 6) is -0.293. The fraction of sp³-hybridized carbons (Fsp3) is 0.417. The molecule has 0 aliphatic carbocycles. The second kappa shape index (κ2) is 5.51. The fourth-order valence-electron chi connectivity index (χ4n) is 1.42. The highest BCUT2D eigenvalue weighted by Gasteiger charge is 2.13. The number of phenols is 1. The molecular weight excluding hydrogens is 206 g/mol. The Kier molecular flexibility index (Phi) is 4.31. The summed E-state index contributed by atoms with van der Waals surface area (Å²) in [7, 11) is 1.58. The SMILES string of the molecule is COC[C@H](C)NC(=O)c1cc(C)ccc1O. The number of benzene rings is 1. The van der Waals surface area contributed by atoms with Crippen molar-refractivity contribution >= 4 is 5.91 Å². The molecule has 1 aromatic rings. The average Bonchev–Trinajstić information content (AvgIpc) is 2.21. The first-order chi connectivity index (χ1) is 7.54. The van der Waals surface area contributed by atoms with E-state index in [1.807, 2.05) is 13.8 Å². The summed E-state index contributed by atoms with van der Waals surface area (Å²) in [5, 5.41) is 12.3. The predicted octanol–water partition coefficient (Wildman–Crippen LogP) is 1.47. The molecule has 4 heteroatoms. The molecule has 0 fully saturated rings. The molecule has 0 aliphatic heterocycles. The first kappa shape index (κ1) is 12.5. The van der Waals surface area contributed by atoms with E-state index in [1.165, 1.54) is 6.07 Å². The second-order valence-corrected chi connectivity index (χ2v) is 3.85. The second-order valence-electron chi connectivity index (χ2n) is 3.85. The van der Waals surface area contributed by atoms with Gasteiger partial charge in [-0.3, -0.25) is 4.79 Å². The third-order valence-electron chi connectivity index (χ3n) is 2.19. The molecule has 0 bridgehead atoms. The van der Waals surface area contributed by atoms with Crippen molar-refractivity contribution in [2.45, 2.75) is 19.9 Å². The van der Waals surface area contributed by atoms with Crippen molar-refractivity contribution in [3.8, 4) is 5.75 Å². The molecule has 1 rings (SSSR count). The van der Waals surface area contributed by atoms with Gasteiger partial charge in [0.1, 0.15) is 5.75 Å². The van der Waals surface area contributed by atoms with Crippen LogP contribution >= 0.6 is 0 Å². The Morgan fingerprint density at radius 3 is 2.88 bits per heavy atom. The lowest BCUT2D eigenvalue weighted by Gasteiger charge is -2.13. The van der Waals surface area contributed by atoms with Crippen molar-refractivity contribution in [3.63, 3.8) is 0 Å². The van der Waals surface area contributed by atoms with Crippen LogP contribution < -0.4 is 5.32 Å². The molecule has 0 unspecified atom stereocenters. The third kappa shape index (κ3) is 3.24. The van der Waals surface area contributed by atoms with Crippen molar-refractivity contribution < 1.29 is 14.6 Å². The molecular formula is C12H17NO3. The molecule has 1 aromatic carbocycles. The molecule has 0 spiro atoms. The van der Waals surface area contributed by atoms with Gasteiger partial charge in [-0.05, 0) is 26.0 Å². The highest BCUT2D eigenvalue weighted by atomic mass is 16.5. The van der Waals surface area contributed by atoms with Gasteiger partial charge < -0.3 is 15.2 Å². The molecule has 4 nitrogen and oxygen atoms in total. The summed E-state index contributed by atoms with van der Waals surface area (Å²) in [6.45, 7) is 4.15. The summed E-state index contributed by atoms with van der Waals surface area (Å²) in [5.41, 5.74) is 1.23. The molecule has 1 atom stereocenters. The van der Waals surface area contributed by atoms with Gasteiger partial charge in [-0.15, -0.1) is 0 Å². The molecule has 0 saturated heterocycles. The molecule has 16 heavy (non-hydrogen) atoms. The lowest BCUT2D eigenvalue weighted by atomic mass is 10.1. The van der Waals surface area contributed by atoms with Crippen molar-refractivity contribution in [1.82, 2.24) is 5.32 Å². The van der Waals surface area contributed by atoms with Gasteiger partial charge in [0.05, 0.1) is 12.2 Å². The van der Waals surface area contributed by atoms with E-state index in [2.05, 4.69) is 5.32 Å². The monoisotopic (exact) mass is 223 g/mol. The number of phenolic OH excluding ortho intramolecular Hbond substituents is 1. The minimum Gasteiger partial charge on any atom is -0.507 e. The zero-order valence-electron chi connectivity index (χ0n) is 9.78. The van der Waals surface area contributed by atoms with Crippen molar-refractivity contribution in [2.24, 2.45) is 0 Å². The average molecular weight is 223 g/mol. The normalized spacial score (nSPS) is 12.2. The van der Waals surface area contributed by atoms with Crippen LogP contribution in [0.5, 0.6) is 5.75 Å². The predicted molar refractivity (Wildman–Crippen MR) is 61.6 cm³/mol. The lowest BCUT2D eigenvalue weighted by molar-refractivity contribution is 0.0903. The van der Waals surface area contributed by atoms with Gasteiger partial charge in [0.2, 0.25) is 0 Å². The molecule has 88 valence electrons. The smallest absolute Gasteiger partial charge is 0.255 e. The molecule has 2 N–H and O–H groups in total. The number of hydrogen-bond donors (Lipinski definition) is 2. The summed E-state index contributed by atoms with van der Waals surface area (Å²) in [4.78, 5) is 11.8. The lowest BCUT2D eigenvalue weighted by Crippen LogP contribution is -2.35. The Morgan fingerprint density at radius 2 is 2.25 bits per heavy atom. The number of methoxy groups -OCH3 is 1. The summed E-state index contributed by atoms with van der Waals surface area (Å²) in [6, 6.07) is 4.84. The first-order valence-corrected chi connectivity index (χ1v) is 5.14. The fourth-order valence-corrected chi connectivity index (χ4v) is 1.42. The quantitative estimate of drug-likeness (QED) is 0.812. The molecule has 0 heterocycles. The molecule has 0 radical (unpaired) electrons. The standard InChI is InChI=1S/C12H17NO3/c1-8-4-5-11(14)10(6-8)12(15)13-9(2)7-16-3/h4-6,9,14H,7H2,1-3H3,(H,13,15)/t9-/m0/s1. The maximum Gasteiger partial charge on any atom is 0.255 e. The van der Waals surface area contributed by atoms with Crippen LogP contribution in [0.2, 0.25) is 0 Å². The van der Waals surface area contributed by atoms with E-state index in [0.717, 1.165) is 5.56 Å². The van der Waals surface area contributed by atoms with Crippen molar-refractivity contribution in [1.29, 1.82) is 0 Å². The van der Waals surface area contributed by atoms with Crippen LogP contribution in [0.15, 0.2) is 18.2 Å².